The maximum atomic E-state index is 10.8. The van der Waals surface area contributed by atoms with Crippen molar-refractivity contribution in [2.24, 2.45) is 5.92 Å². The van der Waals surface area contributed by atoms with Crippen molar-refractivity contribution < 1.29 is 9.90 Å². The van der Waals surface area contributed by atoms with Gasteiger partial charge in [-0.15, -0.1) is 11.8 Å². The summed E-state index contributed by atoms with van der Waals surface area (Å²) in [5.41, 5.74) is 0.970. The SMILES string of the molecule is CCC(CNc1ccc(SC)cc1)C(=O)O. The molecule has 0 saturated carbocycles. The van der Waals surface area contributed by atoms with Crippen LogP contribution < -0.4 is 5.32 Å². The highest BCUT2D eigenvalue weighted by Gasteiger charge is 2.13. The minimum Gasteiger partial charge on any atom is -0.481 e. The Morgan fingerprint density at radius 2 is 2.06 bits per heavy atom. The normalized spacial score (nSPS) is 12.1. The van der Waals surface area contributed by atoms with Crippen LogP contribution in [-0.2, 0) is 4.79 Å². The number of carboxylic acid groups (broad SMARTS) is 1. The molecule has 0 aromatic heterocycles. The fourth-order valence-electron chi connectivity index (χ4n) is 1.36. The predicted octanol–water partition coefficient (Wildman–Crippen LogP) is 2.93. The largest absolute Gasteiger partial charge is 0.481 e. The number of nitrogens with one attached hydrogen (secondary N) is 1. The van der Waals surface area contributed by atoms with E-state index in [9.17, 15) is 4.79 Å². The molecular weight excluding hydrogens is 222 g/mol. The van der Waals surface area contributed by atoms with Gasteiger partial charge in [0.05, 0.1) is 5.92 Å². The Morgan fingerprint density at radius 3 is 2.50 bits per heavy atom. The molecule has 1 atom stereocenters. The molecule has 0 amide bonds. The molecule has 3 nitrogen and oxygen atoms in total. The molecular formula is C12H17NO2S. The molecule has 16 heavy (non-hydrogen) atoms. The number of hydrogen-bond donors (Lipinski definition) is 2. The average Bonchev–Trinajstić information content (AvgIpc) is 2.30. The van der Waals surface area contributed by atoms with Gasteiger partial charge in [0.15, 0.2) is 0 Å². The van der Waals surface area contributed by atoms with Crippen LogP contribution in [0.1, 0.15) is 13.3 Å². The van der Waals surface area contributed by atoms with Gasteiger partial charge in [-0.25, -0.2) is 0 Å². The van der Waals surface area contributed by atoms with Gasteiger partial charge in [-0.2, -0.15) is 0 Å². The Morgan fingerprint density at radius 1 is 1.44 bits per heavy atom. The molecule has 0 spiro atoms. The summed E-state index contributed by atoms with van der Waals surface area (Å²) < 4.78 is 0. The van der Waals surface area contributed by atoms with Gasteiger partial charge in [0, 0.05) is 17.1 Å². The number of thioether (sulfide) groups is 1. The molecule has 1 unspecified atom stereocenters. The van der Waals surface area contributed by atoms with E-state index in [-0.39, 0.29) is 5.92 Å². The van der Waals surface area contributed by atoms with E-state index < -0.39 is 5.97 Å². The van der Waals surface area contributed by atoms with Gasteiger partial charge in [0.25, 0.3) is 0 Å². The number of anilines is 1. The number of carbonyl (C=O) groups is 1. The van der Waals surface area contributed by atoms with Gasteiger partial charge in [-0.1, -0.05) is 6.92 Å². The molecule has 0 aliphatic rings. The summed E-state index contributed by atoms with van der Waals surface area (Å²) in [6.45, 7) is 2.36. The highest BCUT2D eigenvalue weighted by atomic mass is 32.2. The summed E-state index contributed by atoms with van der Waals surface area (Å²) in [7, 11) is 0. The van der Waals surface area contributed by atoms with E-state index in [1.54, 1.807) is 11.8 Å². The number of benzene rings is 1. The third kappa shape index (κ3) is 3.77. The average molecular weight is 239 g/mol. The molecule has 0 saturated heterocycles. The summed E-state index contributed by atoms with van der Waals surface area (Å²) in [5, 5.41) is 12.0. The van der Waals surface area contributed by atoms with Crippen molar-refractivity contribution in [2.45, 2.75) is 18.2 Å². The third-order valence-electron chi connectivity index (χ3n) is 2.48. The van der Waals surface area contributed by atoms with Crippen LogP contribution in [0.3, 0.4) is 0 Å². The lowest BCUT2D eigenvalue weighted by molar-refractivity contribution is -0.141. The van der Waals surface area contributed by atoms with Crippen LogP contribution in [0.2, 0.25) is 0 Å². The van der Waals surface area contributed by atoms with Crippen LogP contribution in [0.5, 0.6) is 0 Å². The Kier molecular flexibility index (Phi) is 5.19. The van der Waals surface area contributed by atoms with Crippen LogP contribution in [-0.4, -0.2) is 23.9 Å². The van der Waals surface area contributed by atoms with Crippen LogP contribution in [0.25, 0.3) is 0 Å². The highest BCUT2D eigenvalue weighted by molar-refractivity contribution is 7.98. The highest BCUT2D eigenvalue weighted by Crippen LogP contribution is 2.17. The van der Waals surface area contributed by atoms with E-state index in [4.69, 9.17) is 5.11 Å². The Labute approximate surface area is 100 Å². The monoisotopic (exact) mass is 239 g/mol. The van der Waals surface area contributed by atoms with Crippen LogP contribution >= 0.6 is 11.8 Å². The zero-order valence-electron chi connectivity index (χ0n) is 9.56. The van der Waals surface area contributed by atoms with Gasteiger partial charge < -0.3 is 10.4 Å². The Balaban J connectivity index is 2.50. The zero-order valence-corrected chi connectivity index (χ0v) is 10.4. The summed E-state index contributed by atoms with van der Waals surface area (Å²) in [5.74, 6) is -1.06. The maximum absolute atomic E-state index is 10.8. The fourth-order valence-corrected chi connectivity index (χ4v) is 1.76. The summed E-state index contributed by atoms with van der Waals surface area (Å²) >= 11 is 1.69. The van der Waals surface area contributed by atoms with Crippen molar-refractivity contribution >= 4 is 23.4 Å². The van der Waals surface area contributed by atoms with Crippen molar-refractivity contribution in [2.75, 3.05) is 18.1 Å². The van der Waals surface area contributed by atoms with Crippen molar-refractivity contribution in [3.05, 3.63) is 24.3 Å². The van der Waals surface area contributed by atoms with Gasteiger partial charge >= 0.3 is 5.97 Å². The number of rotatable bonds is 6. The van der Waals surface area contributed by atoms with Crippen LogP contribution in [0, 0.1) is 5.92 Å². The number of aliphatic carboxylic acids is 1. The maximum Gasteiger partial charge on any atom is 0.308 e. The van der Waals surface area contributed by atoms with Crippen molar-refractivity contribution in [1.82, 2.24) is 0 Å². The molecule has 0 heterocycles. The third-order valence-corrected chi connectivity index (χ3v) is 3.23. The van der Waals surface area contributed by atoms with E-state index in [2.05, 4.69) is 5.32 Å². The molecule has 2 N–H and O–H groups in total. The van der Waals surface area contributed by atoms with Crippen LogP contribution in [0.15, 0.2) is 29.2 Å². The van der Waals surface area contributed by atoms with E-state index in [0.29, 0.717) is 13.0 Å². The molecule has 1 aromatic carbocycles. The topological polar surface area (TPSA) is 49.3 Å². The second kappa shape index (κ2) is 6.43. The smallest absolute Gasteiger partial charge is 0.308 e. The second-order valence-corrected chi connectivity index (χ2v) is 4.43. The molecule has 4 heteroatoms. The first-order valence-electron chi connectivity index (χ1n) is 5.28. The second-order valence-electron chi connectivity index (χ2n) is 3.55. The Bertz CT molecular complexity index is 337. The van der Waals surface area contributed by atoms with E-state index >= 15 is 0 Å². The molecule has 0 fully saturated rings. The van der Waals surface area contributed by atoms with Gasteiger partial charge in [0.1, 0.15) is 0 Å². The van der Waals surface area contributed by atoms with Crippen molar-refractivity contribution in [3.8, 4) is 0 Å². The summed E-state index contributed by atoms with van der Waals surface area (Å²) in [4.78, 5) is 12.0. The van der Waals surface area contributed by atoms with E-state index in [1.165, 1.54) is 4.90 Å². The summed E-state index contributed by atoms with van der Waals surface area (Å²) in [6.07, 6.45) is 2.67. The van der Waals surface area contributed by atoms with Crippen LogP contribution in [0.4, 0.5) is 5.69 Å². The molecule has 0 bridgehead atoms. The van der Waals surface area contributed by atoms with Gasteiger partial charge in [-0.3, -0.25) is 4.79 Å². The first-order chi connectivity index (χ1) is 7.67. The van der Waals surface area contributed by atoms with Gasteiger partial charge in [-0.05, 0) is 36.9 Å². The molecule has 0 aliphatic heterocycles. The minimum atomic E-state index is -0.740. The molecule has 88 valence electrons. The number of carboxylic acids is 1. The quantitative estimate of drug-likeness (QED) is 0.749. The van der Waals surface area contributed by atoms with Crippen molar-refractivity contribution in [1.29, 1.82) is 0 Å². The molecule has 1 aromatic rings. The first kappa shape index (κ1) is 12.9. The van der Waals surface area contributed by atoms with Crippen molar-refractivity contribution in [3.63, 3.8) is 0 Å². The predicted molar refractivity (Wildman–Crippen MR) is 68.1 cm³/mol. The van der Waals surface area contributed by atoms with Gasteiger partial charge in [0.2, 0.25) is 0 Å². The Hall–Kier alpha value is -1.16. The van der Waals surface area contributed by atoms with E-state index in [0.717, 1.165) is 5.69 Å². The molecule has 0 radical (unpaired) electrons. The lowest BCUT2D eigenvalue weighted by atomic mass is 10.1. The van der Waals surface area contributed by atoms with E-state index in [1.807, 2.05) is 37.4 Å². The lowest BCUT2D eigenvalue weighted by Crippen LogP contribution is -2.21. The fraction of sp³-hybridized carbons (Fsp3) is 0.417. The first-order valence-corrected chi connectivity index (χ1v) is 6.50. The zero-order chi connectivity index (χ0) is 12.0. The molecule has 0 aliphatic carbocycles. The molecule has 1 rings (SSSR count). The standard InChI is InChI=1S/C12H17NO2S/c1-3-9(12(14)15)8-13-10-4-6-11(16-2)7-5-10/h4-7,9,13H,3,8H2,1-2H3,(H,14,15). The number of hydrogen-bond acceptors (Lipinski definition) is 3. The summed E-state index contributed by atoms with van der Waals surface area (Å²) in [6, 6.07) is 7.99. The minimum absolute atomic E-state index is 0.319. The lowest BCUT2D eigenvalue weighted by Gasteiger charge is -2.12.